The van der Waals surface area contributed by atoms with Crippen LogP contribution in [0.2, 0.25) is 0 Å². The van der Waals surface area contributed by atoms with Crippen LogP contribution in [0.4, 0.5) is 13.2 Å². The maximum atomic E-state index is 12.7. The Labute approximate surface area is 114 Å². The summed E-state index contributed by atoms with van der Waals surface area (Å²) in [5, 5.41) is 0. The van der Waals surface area contributed by atoms with Gasteiger partial charge in [0.1, 0.15) is 0 Å². The quantitative estimate of drug-likeness (QED) is 0.824. The second-order valence-electron chi connectivity index (χ2n) is 5.01. The van der Waals surface area contributed by atoms with Crippen molar-refractivity contribution in [2.45, 2.75) is 30.9 Å². The van der Waals surface area contributed by atoms with Gasteiger partial charge in [-0.2, -0.15) is 13.2 Å². The number of aromatic nitrogens is 2. The van der Waals surface area contributed by atoms with Gasteiger partial charge in [-0.15, -0.1) is 0 Å². The molecular weight excluding hydrogens is 265 g/mol. The molecule has 0 bridgehead atoms. The monoisotopic (exact) mass is 278 g/mol. The van der Waals surface area contributed by atoms with Gasteiger partial charge in [-0.1, -0.05) is 6.07 Å². The molecule has 0 spiro atoms. The van der Waals surface area contributed by atoms with Crippen molar-refractivity contribution in [3.8, 4) is 0 Å². The van der Waals surface area contributed by atoms with E-state index >= 15 is 0 Å². The van der Waals surface area contributed by atoms with Crippen molar-refractivity contribution in [2.24, 2.45) is 0 Å². The highest BCUT2D eigenvalue weighted by Gasteiger charge is 2.37. The first-order valence-corrected chi connectivity index (χ1v) is 6.50. The minimum Gasteiger partial charge on any atom is -0.261 e. The van der Waals surface area contributed by atoms with Crippen LogP contribution in [0, 0.1) is 0 Å². The van der Waals surface area contributed by atoms with E-state index < -0.39 is 11.7 Å². The van der Waals surface area contributed by atoms with Crippen LogP contribution in [0.3, 0.4) is 0 Å². The lowest BCUT2D eigenvalue weighted by atomic mass is 9.70. The van der Waals surface area contributed by atoms with Crippen LogP contribution in [0.15, 0.2) is 42.7 Å². The van der Waals surface area contributed by atoms with Crippen LogP contribution >= 0.6 is 0 Å². The van der Waals surface area contributed by atoms with E-state index in [-0.39, 0.29) is 11.8 Å². The molecule has 1 aliphatic rings. The highest BCUT2D eigenvalue weighted by molar-refractivity contribution is 5.28. The minimum atomic E-state index is -4.32. The molecule has 0 aromatic carbocycles. The van der Waals surface area contributed by atoms with Crippen molar-refractivity contribution in [1.29, 1.82) is 0 Å². The lowest BCUT2D eigenvalue weighted by Gasteiger charge is -2.36. The van der Waals surface area contributed by atoms with Crippen LogP contribution in [0.5, 0.6) is 0 Å². The average Bonchev–Trinajstić information content (AvgIpc) is 2.38. The predicted octanol–water partition coefficient (Wildman–Crippen LogP) is 4.16. The molecule has 1 saturated carbocycles. The van der Waals surface area contributed by atoms with Gasteiger partial charge >= 0.3 is 6.18 Å². The van der Waals surface area contributed by atoms with Crippen molar-refractivity contribution in [1.82, 2.24) is 9.97 Å². The molecule has 0 N–H and O–H groups in total. The van der Waals surface area contributed by atoms with Crippen LogP contribution in [0.1, 0.15) is 41.6 Å². The zero-order valence-corrected chi connectivity index (χ0v) is 10.6. The summed E-state index contributed by atoms with van der Waals surface area (Å²) in [6.07, 6.45) is 0.438. The average molecular weight is 278 g/mol. The lowest BCUT2D eigenvalue weighted by Crippen LogP contribution is -2.24. The van der Waals surface area contributed by atoms with E-state index in [1.54, 1.807) is 6.20 Å². The molecule has 3 rings (SSSR count). The molecule has 0 radical (unpaired) electrons. The molecule has 2 aromatic rings. The molecular formula is C15H13F3N2. The van der Waals surface area contributed by atoms with Crippen LogP contribution < -0.4 is 0 Å². The van der Waals surface area contributed by atoms with Gasteiger partial charge in [-0.25, -0.2) is 0 Å². The van der Waals surface area contributed by atoms with E-state index in [9.17, 15) is 13.2 Å². The molecule has 2 aromatic heterocycles. The number of hydrogen-bond donors (Lipinski definition) is 0. The molecule has 2 nitrogen and oxygen atoms in total. The van der Waals surface area contributed by atoms with E-state index in [4.69, 9.17) is 0 Å². The van der Waals surface area contributed by atoms with Crippen molar-refractivity contribution >= 4 is 0 Å². The van der Waals surface area contributed by atoms with Gasteiger partial charge in [0.15, 0.2) is 0 Å². The van der Waals surface area contributed by atoms with Crippen LogP contribution in [0.25, 0.3) is 0 Å². The first-order chi connectivity index (χ1) is 9.55. The normalized spacial score (nSPS) is 22.4. The van der Waals surface area contributed by atoms with E-state index in [2.05, 4.69) is 9.97 Å². The molecule has 1 unspecified atom stereocenters. The summed E-state index contributed by atoms with van der Waals surface area (Å²) in [6.45, 7) is 0. The fourth-order valence-corrected chi connectivity index (χ4v) is 2.63. The first kappa shape index (κ1) is 13.1. The van der Waals surface area contributed by atoms with E-state index in [1.165, 1.54) is 12.3 Å². The summed E-state index contributed by atoms with van der Waals surface area (Å²) >= 11 is 0. The predicted molar refractivity (Wildman–Crippen MR) is 68.2 cm³/mol. The van der Waals surface area contributed by atoms with Gasteiger partial charge in [0, 0.05) is 35.6 Å². The van der Waals surface area contributed by atoms with Crippen molar-refractivity contribution in [3.63, 3.8) is 0 Å². The Balaban J connectivity index is 1.87. The molecule has 0 amide bonds. The summed E-state index contributed by atoms with van der Waals surface area (Å²) in [4.78, 5) is 8.42. The zero-order valence-electron chi connectivity index (χ0n) is 10.6. The fourth-order valence-electron chi connectivity index (χ4n) is 2.63. The van der Waals surface area contributed by atoms with Crippen molar-refractivity contribution in [3.05, 3.63) is 59.7 Å². The van der Waals surface area contributed by atoms with Crippen LogP contribution in [-0.4, -0.2) is 9.97 Å². The van der Waals surface area contributed by atoms with Gasteiger partial charge < -0.3 is 0 Å². The van der Waals surface area contributed by atoms with Gasteiger partial charge in [-0.05, 0) is 37.1 Å². The molecule has 0 aliphatic heterocycles. The summed E-state index contributed by atoms with van der Waals surface area (Å²) in [5.41, 5.74) is 0.818. The lowest BCUT2D eigenvalue weighted by molar-refractivity contribution is -0.137. The van der Waals surface area contributed by atoms with Crippen molar-refractivity contribution in [2.75, 3.05) is 0 Å². The molecule has 20 heavy (non-hydrogen) atoms. The highest BCUT2D eigenvalue weighted by atomic mass is 19.4. The largest absolute Gasteiger partial charge is 0.416 e. The van der Waals surface area contributed by atoms with Gasteiger partial charge in [-0.3, -0.25) is 9.97 Å². The SMILES string of the molecule is FC(F)(F)c1ccnc(C2CC[C@H]2c2ccccn2)c1. The maximum Gasteiger partial charge on any atom is 0.416 e. The second-order valence-corrected chi connectivity index (χ2v) is 5.01. The van der Waals surface area contributed by atoms with Crippen molar-refractivity contribution < 1.29 is 13.2 Å². The number of alkyl halides is 3. The Kier molecular flexibility index (Phi) is 3.20. The Morgan fingerprint density at radius 2 is 1.60 bits per heavy atom. The molecule has 1 fully saturated rings. The number of rotatable bonds is 2. The molecule has 1 aliphatic carbocycles. The van der Waals surface area contributed by atoms with Gasteiger partial charge in [0.25, 0.3) is 0 Å². The third kappa shape index (κ3) is 2.40. The van der Waals surface area contributed by atoms with E-state index in [0.717, 1.165) is 24.6 Å². The van der Waals surface area contributed by atoms with Gasteiger partial charge in [0.05, 0.1) is 5.56 Å². The Bertz CT molecular complexity index is 596. The number of hydrogen-bond acceptors (Lipinski definition) is 2. The maximum absolute atomic E-state index is 12.7. The Morgan fingerprint density at radius 1 is 0.900 bits per heavy atom. The zero-order chi connectivity index (χ0) is 14.2. The smallest absolute Gasteiger partial charge is 0.261 e. The molecule has 2 heterocycles. The summed E-state index contributed by atoms with van der Waals surface area (Å²) in [7, 11) is 0. The Morgan fingerprint density at radius 3 is 2.20 bits per heavy atom. The third-order valence-electron chi connectivity index (χ3n) is 3.83. The molecule has 5 heteroatoms. The fraction of sp³-hybridized carbons (Fsp3) is 0.333. The second kappa shape index (κ2) is 4.89. The summed E-state index contributed by atoms with van der Waals surface area (Å²) in [6, 6.07) is 7.83. The summed E-state index contributed by atoms with van der Waals surface area (Å²) in [5.74, 6) is 0.208. The number of nitrogens with zero attached hydrogens (tertiary/aromatic N) is 2. The van der Waals surface area contributed by atoms with E-state index in [1.807, 2.05) is 18.2 Å². The first-order valence-electron chi connectivity index (χ1n) is 6.50. The van der Waals surface area contributed by atoms with Gasteiger partial charge in [0.2, 0.25) is 0 Å². The van der Waals surface area contributed by atoms with E-state index in [0.29, 0.717) is 5.69 Å². The molecule has 0 saturated heterocycles. The minimum absolute atomic E-state index is 0.0344. The summed E-state index contributed by atoms with van der Waals surface area (Å²) < 4.78 is 38.2. The number of halogens is 3. The van der Waals surface area contributed by atoms with Crippen LogP contribution in [-0.2, 0) is 6.18 Å². The number of pyridine rings is 2. The molecule has 2 atom stereocenters. The molecule has 104 valence electrons. The standard InChI is InChI=1S/C15H13F3N2/c16-15(17,18)10-6-8-20-14(9-10)12-5-4-11(12)13-3-1-2-7-19-13/h1-3,6-9,11-12H,4-5H2/t11-,12?/m1/s1. The highest BCUT2D eigenvalue weighted by Crippen LogP contribution is 2.48. The third-order valence-corrected chi connectivity index (χ3v) is 3.83. The Hall–Kier alpha value is -1.91. The topological polar surface area (TPSA) is 25.8 Å².